The molecular formula is C15H17ClF2N2. The zero-order valence-electron chi connectivity index (χ0n) is 11.4. The lowest BCUT2D eigenvalue weighted by Gasteiger charge is -2.39. The lowest BCUT2D eigenvalue weighted by atomic mass is 9.70. The van der Waals surface area contributed by atoms with E-state index in [0.717, 1.165) is 31.3 Å². The van der Waals surface area contributed by atoms with Crippen molar-refractivity contribution >= 4 is 22.6 Å². The summed E-state index contributed by atoms with van der Waals surface area (Å²) in [7, 11) is 0. The molecule has 1 aliphatic rings. The first-order valence-electron chi connectivity index (χ1n) is 6.92. The topological polar surface area (TPSA) is 17.8 Å². The van der Waals surface area contributed by atoms with Gasteiger partial charge in [0.1, 0.15) is 17.2 Å². The van der Waals surface area contributed by atoms with Crippen molar-refractivity contribution in [3.05, 3.63) is 29.6 Å². The van der Waals surface area contributed by atoms with Crippen LogP contribution in [0.15, 0.2) is 12.1 Å². The molecule has 2 nitrogen and oxygen atoms in total. The fourth-order valence-corrected chi connectivity index (χ4v) is 3.14. The van der Waals surface area contributed by atoms with Crippen LogP contribution in [0.4, 0.5) is 8.78 Å². The van der Waals surface area contributed by atoms with Crippen LogP contribution < -0.4 is 0 Å². The lowest BCUT2D eigenvalue weighted by molar-refractivity contribution is 0.132. The predicted molar refractivity (Wildman–Crippen MR) is 76.0 cm³/mol. The Balaban J connectivity index is 2.12. The third kappa shape index (κ3) is 2.30. The van der Waals surface area contributed by atoms with E-state index in [4.69, 9.17) is 11.6 Å². The van der Waals surface area contributed by atoms with E-state index in [9.17, 15) is 8.78 Å². The maximum absolute atomic E-state index is 13.9. The minimum atomic E-state index is -0.603. The number of halogens is 3. The summed E-state index contributed by atoms with van der Waals surface area (Å²) >= 11 is 5.80. The van der Waals surface area contributed by atoms with Gasteiger partial charge in [0.25, 0.3) is 0 Å². The fraction of sp³-hybridized carbons (Fsp3) is 0.533. The quantitative estimate of drug-likeness (QED) is 0.770. The first-order chi connectivity index (χ1) is 9.52. The summed E-state index contributed by atoms with van der Waals surface area (Å²) in [5.74, 6) is -0.00210. The Hall–Kier alpha value is -1.16. The number of hydrogen-bond donors (Lipinski definition) is 0. The van der Waals surface area contributed by atoms with Gasteiger partial charge in [0.05, 0.1) is 5.52 Å². The summed E-state index contributed by atoms with van der Waals surface area (Å²) in [6.07, 6.45) is 4.07. The molecule has 0 bridgehead atoms. The van der Waals surface area contributed by atoms with Gasteiger partial charge in [0.15, 0.2) is 5.82 Å². The number of rotatable bonds is 4. The van der Waals surface area contributed by atoms with E-state index in [1.165, 1.54) is 12.5 Å². The SMILES string of the molecule is CC1(Cn2c(CCCl)nc3c(F)cc(F)cc32)CCC1. The molecule has 2 aromatic rings. The van der Waals surface area contributed by atoms with Crippen molar-refractivity contribution in [2.45, 2.75) is 39.2 Å². The maximum Gasteiger partial charge on any atom is 0.153 e. The number of fused-ring (bicyclic) bond motifs is 1. The molecule has 0 saturated heterocycles. The Morgan fingerprint density at radius 3 is 2.70 bits per heavy atom. The summed E-state index contributed by atoms with van der Waals surface area (Å²) in [6, 6.07) is 2.25. The van der Waals surface area contributed by atoms with Crippen LogP contribution in [0.2, 0.25) is 0 Å². The van der Waals surface area contributed by atoms with Crippen LogP contribution in [0.3, 0.4) is 0 Å². The van der Waals surface area contributed by atoms with Crippen LogP contribution in [0.1, 0.15) is 32.0 Å². The molecule has 0 atom stereocenters. The second-order valence-corrected chi connectivity index (χ2v) is 6.35. The number of aryl methyl sites for hydroxylation is 1. The monoisotopic (exact) mass is 298 g/mol. The molecule has 0 spiro atoms. The predicted octanol–water partition coefficient (Wildman–Crippen LogP) is 4.29. The van der Waals surface area contributed by atoms with Gasteiger partial charge in [-0.1, -0.05) is 13.3 Å². The minimum Gasteiger partial charge on any atom is -0.327 e. The van der Waals surface area contributed by atoms with Gasteiger partial charge in [-0.2, -0.15) is 0 Å². The van der Waals surface area contributed by atoms with E-state index in [1.54, 1.807) is 0 Å². The average molecular weight is 299 g/mol. The van der Waals surface area contributed by atoms with Gasteiger partial charge in [-0.05, 0) is 24.3 Å². The molecule has 1 aliphatic carbocycles. The first-order valence-corrected chi connectivity index (χ1v) is 7.46. The summed E-state index contributed by atoms with van der Waals surface area (Å²) in [5.41, 5.74) is 0.988. The molecule has 0 unspecified atom stereocenters. The standard InChI is InChI=1S/C15H17ClF2N2/c1-15(4-2-5-15)9-20-12-8-10(17)7-11(18)14(12)19-13(20)3-6-16/h7-8H,2-6,9H2,1H3. The van der Waals surface area contributed by atoms with Crippen LogP contribution in [-0.4, -0.2) is 15.4 Å². The highest BCUT2D eigenvalue weighted by Gasteiger charge is 2.33. The third-order valence-corrected chi connectivity index (χ3v) is 4.46. The Morgan fingerprint density at radius 1 is 1.35 bits per heavy atom. The highest BCUT2D eigenvalue weighted by Crippen LogP contribution is 2.42. The molecule has 1 heterocycles. The summed E-state index contributed by atoms with van der Waals surface area (Å²) in [5, 5.41) is 0. The van der Waals surface area contributed by atoms with Gasteiger partial charge in [0, 0.05) is 24.9 Å². The molecule has 0 aliphatic heterocycles. The van der Waals surface area contributed by atoms with E-state index < -0.39 is 11.6 Å². The Morgan fingerprint density at radius 2 is 2.10 bits per heavy atom. The normalized spacial score (nSPS) is 17.4. The van der Waals surface area contributed by atoms with E-state index in [0.29, 0.717) is 17.8 Å². The Bertz CT molecular complexity index is 647. The van der Waals surface area contributed by atoms with Crippen LogP contribution in [0.25, 0.3) is 11.0 Å². The van der Waals surface area contributed by atoms with Crippen LogP contribution in [-0.2, 0) is 13.0 Å². The number of alkyl halides is 1. The number of imidazole rings is 1. The third-order valence-electron chi connectivity index (χ3n) is 4.27. The van der Waals surface area contributed by atoms with Crippen LogP contribution >= 0.6 is 11.6 Å². The Labute approximate surface area is 121 Å². The molecule has 0 amide bonds. The summed E-state index contributed by atoms with van der Waals surface area (Å²) in [4.78, 5) is 4.32. The van der Waals surface area contributed by atoms with Crippen molar-refractivity contribution in [1.82, 2.24) is 9.55 Å². The zero-order valence-corrected chi connectivity index (χ0v) is 12.2. The second-order valence-electron chi connectivity index (χ2n) is 5.97. The molecule has 1 saturated carbocycles. The molecule has 0 radical (unpaired) electrons. The van der Waals surface area contributed by atoms with Gasteiger partial charge in [-0.15, -0.1) is 11.6 Å². The van der Waals surface area contributed by atoms with Gasteiger partial charge < -0.3 is 4.57 Å². The zero-order chi connectivity index (χ0) is 14.3. The molecule has 1 aromatic heterocycles. The van der Waals surface area contributed by atoms with Crippen LogP contribution in [0.5, 0.6) is 0 Å². The highest BCUT2D eigenvalue weighted by molar-refractivity contribution is 6.17. The van der Waals surface area contributed by atoms with Crippen molar-refractivity contribution in [1.29, 1.82) is 0 Å². The number of nitrogens with zero attached hydrogens (tertiary/aromatic N) is 2. The first kappa shape index (κ1) is 13.8. The molecule has 20 heavy (non-hydrogen) atoms. The smallest absolute Gasteiger partial charge is 0.153 e. The minimum absolute atomic E-state index is 0.206. The van der Waals surface area contributed by atoms with Gasteiger partial charge in [-0.3, -0.25) is 0 Å². The molecule has 3 rings (SSSR count). The van der Waals surface area contributed by atoms with Crippen molar-refractivity contribution in [2.24, 2.45) is 5.41 Å². The number of benzene rings is 1. The largest absolute Gasteiger partial charge is 0.327 e. The van der Waals surface area contributed by atoms with E-state index in [-0.39, 0.29) is 10.9 Å². The average Bonchev–Trinajstić information content (AvgIpc) is 2.67. The Kier molecular flexibility index (Phi) is 3.44. The van der Waals surface area contributed by atoms with Crippen molar-refractivity contribution in [3.8, 4) is 0 Å². The molecule has 1 aromatic carbocycles. The maximum atomic E-state index is 13.9. The molecular weight excluding hydrogens is 282 g/mol. The summed E-state index contributed by atoms with van der Waals surface area (Å²) < 4.78 is 29.3. The number of hydrogen-bond acceptors (Lipinski definition) is 1. The molecule has 0 N–H and O–H groups in total. The van der Waals surface area contributed by atoms with Gasteiger partial charge >= 0.3 is 0 Å². The van der Waals surface area contributed by atoms with Crippen LogP contribution in [0, 0.1) is 17.0 Å². The summed E-state index contributed by atoms with van der Waals surface area (Å²) in [6.45, 7) is 2.96. The molecule has 5 heteroatoms. The molecule has 1 fully saturated rings. The number of aromatic nitrogens is 2. The van der Waals surface area contributed by atoms with Crippen molar-refractivity contribution in [3.63, 3.8) is 0 Å². The lowest BCUT2D eigenvalue weighted by Crippen LogP contribution is -2.31. The van der Waals surface area contributed by atoms with E-state index in [2.05, 4.69) is 11.9 Å². The van der Waals surface area contributed by atoms with Crippen molar-refractivity contribution in [2.75, 3.05) is 5.88 Å². The van der Waals surface area contributed by atoms with Crippen molar-refractivity contribution < 1.29 is 8.78 Å². The second kappa shape index (κ2) is 4.99. The van der Waals surface area contributed by atoms with E-state index in [1.807, 2.05) is 4.57 Å². The highest BCUT2D eigenvalue weighted by atomic mass is 35.5. The van der Waals surface area contributed by atoms with E-state index >= 15 is 0 Å². The molecule has 108 valence electrons. The van der Waals surface area contributed by atoms with Gasteiger partial charge in [-0.25, -0.2) is 13.8 Å². The van der Waals surface area contributed by atoms with Gasteiger partial charge in [0.2, 0.25) is 0 Å². The fourth-order valence-electron chi connectivity index (χ4n) is 2.97.